The number of hydrogen-bond acceptors (Lipinski definition) is 3. The van der Waals surface area contributed by atoms with E-state index in [9.17, 15) is 4.79 Å². The van der Waals surface area contributed by atoms with Crippen molar-refractivity contribution in [2.24, 2.45) is 0 Å². The second-order valence-electron chi connectivity index (χ2n) is 3.29. The Morgan fingerprint density at radius 3 is 2.92 bits per heavy atom. The Morgan fingerprint density at radius 1 is 1.54 bits per heavy atom. The van der Waals surface area contributed by atoms with Crippen LogP contribution in [0.1, 0.15) is 12.8 Å². The van der Waals surface area contributed by atoms with Crippen LogP contribution in [-0.4, -0.2) is 41.6 Å². The molecule has 2 aliphatic rings. The molecule has 0 aromatic rings. The molecule has 3 nitrogen and oxygen atoms in total. The molecule has 13 heavy (non-hydrogen) atoms. The van der Waals surface area contributed by atoms with E-state index in [1.807, 2.05) is 16.7 Å². The van der Waals surface area contributed by atoms with E-state index in [2.05, 4.69) is 5.32 Å². The molecule has 0 unspecified atom stereocenters. The smallest absolute Gasteiger partial charge is 0.240 e. The van der Waals surface area contributed by atoms with Crippen molar-refractivity contribution in [3.8, 4) is 0 Å². The van der Waals surface area contributed by atoms with Crippen LogP contribution in [0.3, 0.4) is 0 Å². The Morgan fingerprint density at radius 2 is 2.38 bits per heavy atom. The van der Waals surface area contributed by atoms with Gasteiger partial charge in [0.05, 0.1) is 11.9 Å². The summed E-state index contributed by atoms with van der Waals surface area (Å²) in [6.45, 7) is 1.96. The molecule has 5 heteroatoms. The number of halogens is 1. The maximum atomic E-state index is 11.7. The van der Waals surface area contributed by atoms with Crippen LogP contribution in [0.5, 0.6) is 0 Å². The average Bonchev–Trinajstić information content (AvgIpc) is 2.77. The molecule has 0 aromatic heterocycles. The van der Waals surface area contributed by atoms with Gasteiger partial charge in [-0.25, -0.2) is 0 Å². The molecule has 2 fully saturated rings. The summed E-state index contributed by atoms with van der Waals surface area (Å²) in [7, 11) is 0. The van der Waals surface area contributed by atoms with Gasteiger partial charge in [0.15, 0.2) is 0 Å². The molecule has 0 spiro atoms. The summed E-state index contributed by atoms with van der Waals surface area (Å²) in [6, 6.07) is 0.128. The number of nitrogens with one attached hydrogen (secondary N) is 1. The molecule has 2 aliphatic heterocycles. The molecular formula is C8H15ClN2OS. The minimum Gasteiger partial charge on any atom is -0.331 e. The van der Waals surface area contributed by atoms with E-state index in [0.29, 0.717) is 5.91 Å². The van der Waals surface area contributed by atoms with Crippen LogP contribution in [0.2, 0.25) is 0 Å². The number of carbonyl (C=O) groups excluding carboxylic acids is 1. The van der Waals surface area contributed by atoms with Gasteiger partial charge in [0.1, 0.15) is 0 Å². The highest BCUT2D eigenvalue weighted by molar-refractivity contribution is 7.99. The topological polar surface area (TPSA) is 32.3 Å². The van der Waals surface area contributed by atoms with E-state index in [-0.39, 0.29) is 18.4 Å². The summed E-state index contributed by atoms with van der Waals surface area (Å²) in [4.78, 5) is 13.7. The molecule has 1 atom stereocenters. The molecule has 0 aliphatic carbocycles. The van der Waals surface area contributed by atoms with Crippen LogP contribution in [0.25, 0.3) is 0 Å². The van der Waals surface area contributed by atoms with Crippen molar-refractivity contribution in [1.82, 2.24) is 10.2 Å². The Balaban J connectivity index is 0.000000845. The zero-order valence-corrected chi connectivity index (χ0v) is 9.12. The fourth-order valence-corrected chi connectivity index (χ4v) is 2.66. The summed E-state index contributed by atoms with van der Waals surface area (Å²) in [5.74, 6) is 2.33. The van der Waals surface area contributed by atoms with Gasteiger partial charge in [-0.1, -0.05) is 0 Å². The van der Waals surface area contributed by atoms with E-state index in [4.69, 9.17) is 0 Å². The Bertz CT molecular complexity index is 161. The monoisotopic (exact) mass is 222 g/mol. The SMILES string of the molecule is Cl.O=C([C@@H]1CCCN1)N1CCSC1. The molecule has 2 rings (SSSR count). The van der Waals surface area contributed by atoms with Gasteiger partial charge in [-0.3, -0.25) is 4.79 Å². The quantitative estimate of drug-likeness (QED) is 0.709. The van der Waals surface area contributed by atoms with Crippen molar-refractivity contribution in [1.29, 1.82) is 0 Å². The summed E-state index contributed by atoms with van der Waals surface area (Å²) >= 11 is 1.85. The van der Waals surface area contributed by atoms with Gasteiger partial charge in [-0.2, -0.15) is 0 Å². The van der Waals surface area contributed by atoms with Crippen molar-refractivity contribution in [2.75, 3.05) is 24.7 Å². The largest absolute Gasteiger partial charge is 0.331 e. The van der Waals surface area contributed by atoms with Gasteiger partial charge in [-0.05, 0) is 19.4 Å². The first-order valence-electron chi connectivity index (χ1n) is 4.48. The van der Waals surface area contributed by atoms with Gasteiger partial charge >= 0.3 is 0 Å². The minimum atomic E-state index is 0. The number of carbonyl (C=O) groups is 1. The van der Waals surface area contributed by atoms with Crippen LogP contribution in [-0.2, 0) is 4.79 Å². The second kappa shape index (κ2) is 5.08. The van der Waals surface area contributed by atoms with Crippen LogP contribution in [0.15, 0.2) is 0 Å². The number of thioether (sulfide) groups is 1. The van der Waals surface area contributed by atoms with E-state index in [1.165, 1.54) is 0 Å². The maximum Gasteiger partial charge on any atom is 0.240 e. The first kappa shape index (κ1) is 11.1. The highest BCUT2D eigenvalue weighted by atomic mass is 35.5. The highest BCUT2D eigenvalue weighted by Gasteiger charge is 2.28. The molecule has 2 heterocycles. The molecular weight excluding hydrogens is 208 g/mol. The second-order valence-corrected chi connectivity index (χ2v) is 4.36. The van der Waals surface area contributed by atoms with Gasteiger partial charge in [-0.15, -0.1) is 24.2 Å². The first-order chi connectivity index (χ1) is 5.88. The zero-order valence-electron chi connectivity index (χ0n) is 7.49. The number of amides is 1. The summed E-state index contributed by atoms with van der Waals surface area (Å²) in [5.41, 5.74) is 0. The van der Waals surface area contributed by atoms with E-state index >= 15 is 0 Å². The van der Waals surface area contributed by atoms with Crippen molar-refractivity contribution in [2.45, 2.75) is 18.9 Å². The highest BCUT2D eigenvalue weighted by Crippen LogP contribution is 2.16. The fraction of sp³-hybridized carbons (Fsp3) is 0.875. The number of nitrogens with zero attached hydrogens (tertiary/aromatic N) is 1. The number of rotatable bonds is 1. The lowest BCUT2D eigenvalue weighted by Crippen LogP contribution is -2.42. The molecule has 1 N–H and O–H groups in total. The molecule has 0 aromatic carbocycles. The van der Waals surface area contributed by atoms with Crippen LogP contribution in [0, 0.1) is 0 Å². The third-order valence-corrected chi connectivity index (χ3v) is 3.39. The number of hydrogen-bond donors (Lipinski definition) is 1. The van der Waals surface area contributed by atoms with Crippen LogP contribution < -0.4 is 5.32 Å². The van der Waals surface area contributed by atoms with Gasteiger partial charge < -0.3 is 10.2 Å². The lowest BCUT2D eigenvalue weighted by atomic mass is 10.2. The third-order valence-electron chi connectivity index (χ3n) is 2.42. The lowest BCUT2D eigenvalue weighted by Gasteiger charge is -2.18. The maximum absolute atomic E-state index is 11.7. The van der Waals surface area contributed by atoms with Gasteiger partial charge in [0.2, 0.25) is 5.91 Å². The van der Waals surface area contributed by atoms with E-state index < -0.39 is 0 Å². The Hall–Kier alpha value is 0.0700. The molecule has 1 amide bonds. The van der Waals surface area contributed by atoms with Gasteiger partial charge in [0, 0.05) is 12.3 Å². The van der Waals surface area contributed by atoms with Gasteiger partial charge in [0.25, 0.3) is 0 Å². The summed E-state index contributed by atoms with van der Waals surface area (Å²) in [6.07, 6.45) is 2.18. The van der Waals surface area contributed by atoms with Crippen molar-refractivity contribution >= 4 is 30.1 Å². The first-order valence-corrected chi connectivity index (χ1v) is 5.63. The van der Waals surface area contributed by atoms with Crippen molar-refractivity contribution < 1.29 is 4.79 Å². The Labute approximate surface area is 89.0 Å². The standard InChI is InChI=1S/C8H14N2OS.ClH/c11-8(7-2-1-3-9-7)10-4-5-12-6-10;/h7,9H,1-6H2;1H/t7-;/m0./s1. The van der Waals surface area contributed by atoms with Crippen LogP contribution >= 0.6 is 24.2 Å². The molecule has 0 saturated carbocycles. The summed E-state index contributed by atoms with van der Waals surface area (Å²) in [5, 5.41) is 3.23. The predicted molar refractivity (Wildman–Crippen MR) is 57.3 cm³/mol. The van der Waals surface area contributed by atoms with E-state index in [0.717, 1.165) is 37.6 Å². The normalized spacial score (nSPS) is 27.4. The van der Waals surface area contributed by atoms with Crippen LogP contribution in [0.4, 0.5) is 0 Å². The summed E-state index contributed by atoms with van der Waals surface area (Å²) < 4.78 is 0. The third kappa shape index (κ3) is 2.51. The molecule has 0 bridgehead atoms. The van der Waals surface area contributed by atoms with E-state index in [1.54, 1.807) is 0 Å². The molecule has 76 valence electrons. The predicted octanol–water partition coefficient (Wildman–Crippen LogP) is 0.693. The minimum absolute atomic E-state index is 0. The molecule has 0 radical (unpaired) electrons. The molecule has 2 saturated heterocycles. The van der Waals surface area contributed by atoms with Crippen molar-refractivity contribution in [3.05, 3.63) is 0 Å². The zero-order chi connectivity index (χ0) is 8.39. The average molecular weight is 223 g/mol. The lowest BCUT2D eigenvalue weighted by molar-refractivity contribution is -0.131. The fourth-order valence-electron chi connectivity index (χ4n) is 1.70. The van der Waals surface area contributed by atoms with Crippen molar-refractivity contribution in [3.63, 3.8) is 0 Å². The Kier molecular flexibility index (Phi) is 4.35.